The van der Waals surface area contributed by atoms with Crippen LogP contribution in [0.3, 0.4) is 0 Å². The fraction of sp³-hybridized carbons (Fsp3) is 0.304. The number of methoxy groups -OCH3 is 2. The number of imide groups is 1. The summed E-state index contributed by atoms with van der Waals surface area (Å²) in [4.78, 5) is 27.6. The van der Waals surface area contributed by atoms with E-state index >= 15 is 0 Å². The van der Waals surface area contributed by atoms with Crippen LogP contribution in [0.4, 0.5) is 5.69 Å². The lowest BCUT2D eigenvalue weighted by molar-refractivity contribution is -0.137. The fourth-order valence-corrected chi connectivity index (χ4v) is 3.35. The molecule has 0 saturated carbocycles. The number of benzene rings is 2. The first-order chi connectivity index (χ1) is 13.8. The number of aryl methyl sites for hydroxylation is 1. The molecule has 1 N–H and O–H groups in total. The molecule has 0 aromatic heterocycles. The van der Waals surface area contributed by atoms with Gasteiger partial charge < -0.3 is 14.8 Å². The van der Waals surface area contributed by atoms with Crippen LogP contribution in [-0.4, -0.2) is 37.5 Å². The van der Waals surface area contributed by atoms with Crippen LogP contribution in [0.25, 0.3) is 5.57 Å². The maximum atomic E-state index is 13.2. The molecule has 29 heavy (non-hydrogen) atoms. The smallest absolute Gasteiger partial charge is 0.278 e. The highest BCUT2D eigenvalue weighted by Crippen LogP contribution is 2.36. The van der Waals surface area contributed by atoms with Crippen molar-refractivity contribution in [3.63, 3.8) is 0 Å². The average Bonchev–Trinajstić information content (AvgIpc) is 2.91. The average molecular weight is 394 g/mol. The van der Waals surface area contributed by atoms with E-state index < -0.39 is 0 Å². The van der Waals surface area contributed by atoms with E-state index in [4.69, 9.17) is 9.47 Å². The molecule has 0 unspecified atom stereocenters. The van der Waals surface area contributed by atoms with E-state index in [9.17, 15) is 9.59 Å². The molecule has 0 fully saturated rings. The van der Waals surface area contributed by atoms with Gasteiger partial charge in [-0.2, -0.15) is 0 Å². The second-order valence-electron chi connectivity index (χ2n) is 7.43. The van der Waals surface area contributed by atoms with Gasteiger partial charge in [0, 0.05) is 12.2 Å². The molecule has 0 aliphatic carbocycles. The molecule has 0 spiro atoms. The highest BCUT2D eigenvalue weighted by atomic mass is 16.5. The molecule has 2 amide bonds. The quantitative estimate of drug-likeness (QED) is 0.723. The number of nitrogens with one attached hydrogen (secondary N) is 1. The van der Waals surface area contributed by atoms with Crippen LogP contribution in [0.15, 0.2) is 48.2 Å². The van der Waals surface area contributed by atoms with E-state index in [1.54, 1.807) is 25.3 Å². The molecule has 6 nitrogen and oxygen atoms in total. The molecule has 2 aromatic carbocycles. The number of carbonyl (C=O) groups excluding carboxylic acids is 2. The zero-order valence-corrected chi connectivity index (χ0v) is 17.4. The Morgan fingerprint density at radius 3 is 2.31 bits per heavy atom. The molecule has 1 heterocycles. The van der Waals surface area contributed by atoms with E-state index in [2.05, 4.69) is 5.32 Å². The van der Waals surface area contributed by atoms with Gasteiger partial charge in [-0.05, 0) is 48.2 Å². The summed E-state index contributed by atoms with van der Waals surface area (Å²) < 4.78 is 10.7. The number of ether oxygens (including phenoxy) is 2. The maximum Gasteiger partial charge on any atom is 0.278 e. The minimum absolute atomic E-state index is 0.160. The van der Waals surface area contributed by atoms with Gasteiger partial charge >= 0.3 is 0 Å². The molecule has 6 heteroatoms. The van der Waals surface area contributed by atoms with E-state index in [0.29, 0.717) is 29.2 Å². The topological polar surface area (TPSA) is 67.9 Å². The molecule has 0 bridgehead atoms. The molecule has 0 atom stereocenters. The van der Waals surface area contributed by atoms with Crippen molar-refractivity contribution in [2.24, 2.45) is 5.92 Å². The summed E-state index contributed by atoms with van der Waals surface area (Å²) in [5.74, 6) is 0.574. The molecule has 1 aliphatic heterocycles. The molecule has 2 aromatic rings. The van der Waals surface area contributed by atoms with Crippen LogP contribution in [0.1, 0.15) is 25.0 Å². The molecule has 0 radical (unpaired) electrons. The Morgan fingerprint density at radius 1 is 0.966 bits per heavy atom. The van der Waals surface area contributed by atoms with Crippen LogP contribution in [-0.2, 0) is 9.59 Å². The van der Waals surface area contributed by atoms with Crippen molar-refractivity contribution in [2.45, 2.75) is 20.8 Å². The van der Waals surface area contributed by atoms with Gasteiger partial charge in [-0.3, -0.25) is 14.5 Å². The first-order valence-electron chi connectivity index (χ1n) is 9.52. The first kappa shape index (κ1) is 20.5. The Hall–Kier alpha value is -3.28. The Morgan fingerprint density at radius 2 is 1.69 bits per heavy atom. The van der Waals surface area contributed by atoms with Crippen LogP contribution in [0, 0.1) is 12.8 Å². The number of carbonyl (C=O) groups is 2. The van der Waals surface area contributed by atoms with Crippen LogP contribution in [0.5, 0.6) is 11.5 Å². The number of hydrogen-bond donors (Lipinski definition) is 1. The minimum Gasteiger partial charge on any atom is -0.493 e. The molecular formula is C23H26N2O4. The van der Waals surface area contributed by atoms with Gasteiger partial charge in [0.05, 0.1) is 19.8 Å². The number of rotatable bonds is 7. The highest BCUT2D eigenvalue weighted by molar-refractivity contribution is 6.36. The van der Waals surface area contributed by atoms with Gasteiger partial charge in [0.15, 0.2) is 11.5 Å². The van der Waals surface area contributed by atoms with Gasteiger partial charge in [-0.15, -0.1) is 0 Å². The largest absolute Gasteiger partial charge is 0.493 e. The summed E-state index contributed by atoms with van der Waals surface area (Å²) >= 11 is 0. The summed E-state index contributed by atoms with van der Waals surface area (Å²) in [5, 5.41) is 3.18. The van der Waals surface area contributed by atoms with Gasteiger partial charge in [0.2, 0.25) is 0 Å². The third kappa shape index (κ3) is 4.11. The van der Waals surface area contributed by atoms with Crippen molar-refractivity contribution in [3.8, 4) is 11.5 Å². The van der Waals surface area contributed by atoms with Gasteiger partial charge in [-0.25, -0.2) is 0 Å². The van der Waals surface area contributed by atoms with E-state index in [1.165, 1.54) is 12.0 Å². The Bertz CT molecular complexity index is 979. The Labute approximate surface area is 171 Å². The predicted molar refractivity (Wildman–Crippen MR) is 113 cm³/mol. The minimum atomic E-state index is -0.324. The van der Waals surface area contributed by atoms with Crippen molar-refractivity contribution in [1.82, 2.24) is 4.90 Å². The van der Waals surface area contributed by atoms with Crippen molar-refractivity contribution in [2.75, 3.05) is 26.1 Å². The molecule has 0 saturated heterocycles. The standard InChI is InChI=1S/C23H26N2O4/c1-14(2)13-25-22(26)20(16-9-10-18(28-4)19(12-16)29-5)21(23(25)27)24-17-8-6-7-15(3)11-17/h6-12,14,24H,13H2,1-5H3. The summed E-state index contributed by atoms with van der Waals surface area (Å²) in [7, 11) is 3.09. The van der Waals surface area contributed by atoms with Crippen LogP contribution < -0.4 is 14.8 Å². The summed E-state index contributed by atoms with van der Waals surface area (Å²) in [6, 6.07) is 12.9. The zero-order chi connectivity index (χ0) is 21.1. The SMILES string of the molecule is COc1ccc(C2=C(Nc3cccc(C)c3)C(=O)N(CC(C)C)C2=O)cc1OC. The molecule has 1 aliphatic rings. The molecular weight excluding hydrogens is 368 g/mol. The van der Waals surface area contributed by atoms with E-state index in [1.807, 2.05) is 45.0 Å². The van der Waals surface area contributed by atoms with Crippen molar-refractivity contribution in [3.05, 3.63) is 59.3 Å². The number of anilines is 1. The summed E-state index contributed by atoms with van der Waals surface area (Å²) in [6.07, 6.45) is 0. The second kappa shape index (κ2) is 8.39. The Kier molecular flexibility index (Phi) is 5.92. The zero-order valence-electron chi connectivity index (χ0n) is 17.4. The third-order valence-corrected chi connectivity index (χ3v) is 4.68. The lowest BCUT2D eigenvalue weighted by Crippen LogP contribution is -2.35. The molecule has 152 valence electrons. The summed E-state index contributed by atoms with van der Waals surface area (Å²) in [5.41, 5.74) is 3.01. The van der Waals surface area contributed by atoms with Crippen molar-refractivity contribution >= 4 is 23.1 Å². The van der Waals surface area contributed by atoms with Crippen LogP contribution in [0.2, 0.25) is 0 Å². The lowest BCUT2D eigenvalue weighted by Gasteiger charge is -2.17. The number of nitrogens with zero attached hydrogens (tertiary/aromatic N) is 1. The van der Waals surface area contributed by atoms with Crippen molar-refractivity contribution < 1.29 is 19.1 Å². The van der Waals surface area contributed by atoms with Gasteiger partial charge in [0.1, 0.15) is 5.70 Å². The van der Waals surface area contributed by atoms with Gasteiger partial charge in [-0.1, -0.05) is 32.0 Å². The first-order valence-corrected chi connectivity index (χ1v) is 9.52. The fourth-order valence-electron chi connectivity index (χ4n) is 3.35. The highest BCUT2D eigenvalue weighted by Gasteiger charge is 2.39. The van der Waals surface area contributed by atoms with Gasteiger partial charge in [0.25, 0.3) is 11.8 Å². The predicted octanol–water partition coefficient (Wildman–Crippen LogP) is 3.86. The monoisotopic (exact) mass is 394 g/mol. The lowest BCUT2D eigenvalue weighted by atomic mass is 10.0. The third-order valence-electron chi connectivity index (χ3n) is 4.68. The van der Waals surface area contributed by atoms with E-state index in [0.717, 1.165) is 11.3 Å². The van der Waals surface area contributed by atoms with E-state index in [-0.39, 0.29) is 23.4 Å². The number of hydrogen-bond acceptors (Lipinski definition) is 5. The van der Waals surface area contributed by atoms with Crippen LogP contribution >= 0.6 is 0 Å². The second-order valence-corrected chi connectivity index (χ2v) is 7.43. The number of amides is 2. The summed E-state index contributed by atoms with van der Waals surface area (Å²) in [6.45, 7) is 6.28. The normalized spacial score (nSPS) is 14.1. The maximum absolute atomic E-state index is 13.2. The van der Waals surface area contributed by atoms with Crippen molar-refractivity contribution in [1.29, 1.82) is 0 Å². The molecule has 3 rings (SSSR count). The Balaban J connectivity index is 2.11.